The van der Waals surface area contributed by atoms with Crippen LogP contribution < -0.4 is 5.32 Å². The molecule has 0 aliphatic carbocycles. The van der Waals surface area contributed by atoms with Crippen molar-refractivity contribution in [2.75, 3.05) is 0 Å². The average Bonchev–Trinajstić information content (AvgIpc) is 2.32. The van der Waals surface area contributed by atoms with Crippen LogP contribution >= 0.6 is 0 Å². The fraction of sp³-hybridized carbons (Fsp3) is 0.286. The first-order valence-electron chi connectivity index (χ1n) is 5.52. The van der Waals surface area contributed by atoms with Crippen LogP contribution in [0.1, 0.15) is 31.9 Å². The van der Waals surface area contributed by atoms with Gasteiger partial charge in [-0.05, 0) is 17.8 Å². The average molecular weight is 201 g/mol. The molecule has 1 aromatic rings. The molecule has 80 valence electrons. The lowest BCUT2D eigenvalue weighted by Crippen LogP contribution is -2.14. The minimum Gasteiger partial charge on any atom is -0.381 e. The van der Waals surface area contributed by atoms with Gasteiger partial charge in [-0.2, -0.15) is 0 Å². The van der Waals surface area contributed by atoms with E-state index in [2.05, 4.69) is 55.6 Å². The fourth-order valence-electron chi connectivity index (χ4n) is 1.31. The maximum Gasteiger partial charge on any atom is 0.0695 e. The second-order valence-corrected chi connectivity index (χ2v) is 3.51. The number of hydrogen-bond donors (Lipinski definition) is 1. The third-order valence-corrected chi connectivity index (χ3v) is 1.95. The summed E-state index contributed by atoms with van der Waals surface area (Å²) in [6.45, 7) is 4.25. The Bertz CT molecular complexity index is 311. The summed E-state index contributed by atoms with van der Waals surface area (Å²) in [7, 11) is 0. The number of rotatable bonds is 1. The van der Waals surface area contributed by atoms with Crippen LogP contribution in [-0.2, 0) is 0 Å². The number of benzene rings is 1. The Balaban J connectivity index is 0.000000337. The molecule has 0 fully saturated rings. The molecule has 0 amide bonds. The van der Waals surface area contributed by atoms with Crippen LogP contribution in [0, 0.1) is 0 Å². The Morgan fingerprint density at radius 2 is 1.73 bits per heavy atom. The Kier molecular flexibility index (Phi) is 5.31. The van der Waals surface area contributed by atoms with E-state index in [1.54, 1.807) is 0 Å². The molecule has 0 aromatic heterocycles. The summed E-state index contributed by atoms with van der Waals surface area (Å²) in [6, 6.07) is 10.7. The van der Waals surface area contributed by atoms with Crippen molar-refractivity contribution in [3.05, 3.63) is 60.3 Å². The highest BCUT2D eigenvalue weighted by atomic mass is 14.9. The van der Waals surface area contributed by atoms with E-state index in [9.17, 15) is 0 Å². The van der Waals surface area contributed by atoms with E-state index in [-0.39, 0.29) is 0 Å². The summed E-state index contributed by atoms with van der Waals surface area (Å²) in [5.41, 5.74) is 1.30. The highest BCUT2D eigenvalue weighted by Crippen LogP contribution is 2.15. The molecule has 1 heterocycles. The molecule has 1 heteroatoms. The van der Waals surface area contributed by atoms with E-state index in [1.807, 2.05) is 18.3 Å². The van der Waals surface area contributed by atoms with Crippen LogP contribution in [0.3, 0.4) is 0 Å². The van der Waals surface area contributed by atoms with Crippen molar-refractivity contribution in [2.45, 2.75) is 26.3 Å². The molecular formula is C14H19N. The van der Waals surface area contributed by atoms with Gasteiger partial charge < -0.3 is 5.32 Å². The molecule has 0 radical (unpaired) electrons. The van der Waals surface area contributed by atoms with Crippen molar-refractivity contribution >= 4 is 0 Å². The van der Waals surface area contributed by atoms with Crippen LogP contribution in [0.2, 0.25) is 0 Å². The fourth-order valence-corrected chi connectivity index (χ4v) is 1.31. The highest BCUT2D eigenvalue weighted by molar-refractivity contribution is 5.26. The van der Waals surface area contributed by atoms with Gasteiger partial charge in [0.2, 0.25) is 0 Å². The Hall–Kier alpha value is -1.50. The van der Waals surface area contributed by atoms with Crippen LogP contribution in [0.15, 0.2) is 54.8 Å². The second kappa shape index (κ2) is 6.88. The van der Waals surface area contributed by atoms with E-state index in [1.165, 1.54) is 12.0 Å². The molecule has 0 bridgehead atoms. The maximum atomic E-state index is 3.27. The number of dihydropyridines is 1. The van der Waals surface area contributed by atoms with Gasteiger partial charge >= 0.3 is 0 Å². The first kappa shape index (κ1) is 11.6. The van der Waals surface area contributed by atoms with Gasteiger partial charge in [0.05, 0.1) is 6.04 Å². The normalized spacial score (nSPS) is 17.6. The largest absolute Gasteiger partial charge is 0.381 e. The van der Waals surface area contributed by atoms with Crippen molar-refractivity contribution in [3.8, 4) is 0 Å². The third kappa shape index (κ3) is 4.03. The number of nitrogens with one attached hydrogen (secondary N) is 1. The minimum atomic E-state index is 0.344. The zero-order chi connectivity index (χ0) is 10.9. The molecule has 1 atom stereocenters. The van der Waals surface area contributed by atoms with Crippen molar-refractivity contribution < 1.29 is 0 Å². The molecule has 1 aliphatic rings. The van der Waals surface area contributed by atoms with Crippen molar-refractivity contribution in [2.24, 2.45) is 0 Å². The molecule has 15 heavy (non-hydrogen) atoms. The van der Waals surface area contributed by atoms with Crippen molar-refractivity contribution in [1.82, 2.24) is 5.32 Å². The summed E-state index contributed by atoms with van der Waals surface area (Å²) < 4.78 is 0. The molecule has 0 saturated carbocycles. The van der Waals surface area contributed by atoms with Crippen LogP contribution in [0.5, 0.6) is 0 Å². The lowest BCUT2D eigenvalue weighted by atomic mass is 10.1. The standard InChI is InChI=1S/C11H11N.C3H8/c1-2-6-10(7-3-1)11-8-4-5-9-12-11;1-3-2/h1-9,11-12H;3H2,1-2H3. The first-order valence-corrected chi connectivity index (χ1v) is 5.52. The van der Waals surface area contributed by atoms with Gasteiger partial charge in [0.15, 0.2) is 0 Å². The quantitative estimate of drug-likeness (QED) is 0.728. The molecular weight excluding hydrogens is 182 g/mol. The maximum absolute atomic E-state index is 3.27. The lowest BCUT2D eigenvalue weighted by molar-refractivity contribution is 0.746. The summed E-state index contributed by atoms with van der Waals surface area (Å²) in [6.07, 6.45) is 9.43. The Labute approximate surface area is 92.5 Å². The SMILES string of the molecule is C1=CNC(c2ccccc2)C=C1.CCC. The molecule has 1 N–H and O–H groups in total. The third-order valence-electron chi connectivity index (χ3n) is 1.95. The number of hydrogen-bond acceptors (Lipinski definition) is 1. The molecule has 1 aromatic carbocycles. The van der Waals surface area contributed by atoms with Crippen LogP contribution in [-0.4, -0.2) is 0 Å². The predicted molar refractivity (Wildman–Crippen MR) is 66.6 cm³/mol. The van der Waals surface area contributed by atoms with Crippen LogP contribution in [0.25, 0.3) is 0 Å². The molecule has 0 spiro atoms. The molecule has 1 nitrogen and oxygen atoms in total. The predicted octanol–water partition coefficient (Wildman–Crippen LogP) is 3.82. The molecule has 0 saturated heterocycles. The van der Waals surface area contributed by atoms with E-state index < -0.39 is 0 Å². The van der Waals surface area contributed by atoms with E-state index in [0.717, 1.165) is 0 Å². The molecule has 2 rings (SSSR count). The van der Waals surface area contributed by atoms with Gasteiger partial charge in [-0.3, -0.25) is 0 Å². The van der Waals surface area contributed by atoms with Gasteiger partial charge in [0.25, 0.3) is 0 Å². The summed E-state index contributed by atoms with van der Waals surface area (Å²) in [4.78, 5) is 0. The Morgan fingerprint density at radius 1 is 1.07 bits per heavy atom. The van der Waals surface area contributed by atoms with E-state index >= 15 is 0 Å². The van der Waals surface area contributed by atoms with E-state index in [0.29, 0.717) is 6.04 Å². The Morgan fingerprint density at radius 3 is 2.27 bits per heavy atom. The van der Waals surface area contributed by atoms with Gasteiger partial charge in [-0.1, -0.05) is 62.8 Å². The lowest BCUT2D eigenvalue weighted by Gasteiger charge is -2.15. The van der Waals surface area contributed by atoms with Gasteiger partial charge in [-0.25, -0.2) is 0 Å². The molecule has 1 unspecified atom stereocenters. The molecule has 1 aliphatic heterocycles. The number of allylic oxidation sites excluding steroid dienone is 2. The van der Waals surface area contributed by atoms with Crippen molar-refractivity contribution in [3.63, 3.8) is 0 Å². The van der Waals surface area contributed by atoms with E-state index in [4.69, 9.17) is 0 Å². The monoisotopic (exact) mass is 201 g/mol. The highest BCUT2D eigenvalue weighted by Gasteiger charge is 2.04. The van der Waals surface area contributed by atoms with Crippen molar-refractivity contribution in [1.29, 1.82) is 0 Å². The summed E-state index contributed by atoms with van der Waals surface area (Å²) in [5.74, 6) is 0. The summed E-state index contributed by atoms with van der Waals surface area (Å²) in [5, 5.41) is 3.27. The zero-order valence-corrected chi connectivity index (χ0v) is 9.48. The van der Waals surface area contributed by atoms with Gasteiger partial charge in [0, 0.05) is 0 Å². The zero-order valence-electron chi connectivity index (χ0n) is 9.48. The summed E-state index contributed by atoms with van der Waals surface area (Å²) >= 11 is 0. The second-order valence-electron chi connectivity index (χ2n) is 3.51. The first-order chi connectivity index (χ1) is 7.38. The minimum absolute atomic E-state index is 0.344. The van der Waals surface area contributed by atoms with Gasteiger partial charge in [-0.15, -0.1) is 0 Å². The van der Waals surface area contributed by atoms with Crippen LogP contribution in [0.4, 0.5) is 0 Å². The smallest absolute Gasteiger partial charge is 0.0695 e. The van der Waals surface area contributed by atoms with Gasteiger partial charge in [0.1, 0.15) is 0 Å². The topological polar surface area (TPSA) is 12.0 Å².